The van der Waals surface area contributed by atoms with Crippen molar-refractivity contribution in [3.63, 3.8) is 0 Å². The van der Waals surface area contributed by atoms with Crippen LogP contribution in [0.5, 0.6) is 5.75 Å². The summed E-state index contributed by atoms with van der Waals surface area (Å²) in [5.74, 6) is -4.25. The van der Waals surface area contributed by atoms with Crippen molar-refractivity contribution in [3.8, 4) is 5.75 Å². The van der Waals surface area contributed by atoms with Gasteiger partial charge in [-0.25, -0.2) is 9.59 Å². The average molecular weight is 725 g/mol. The van der Waals surface area contributed by atoms with Crippen LogP contribution in [0.3, 0.4) is 0 Å². The lowest BCUT2D eigenvalue weighted by Crippen LogP contribution is -2.60. The van der Waals surface area contributed by atoms with Crippen LogP contribution in [0, 0.1) is 16.0 Å². The Kier molecular flexibility index (Phi) is 13.5. The molecule has 2 aromatic rings. The molecule has 0 aliphatic carbocycles. The molecule has 1 heterocycles. The van der Waals surface area contributed by atoms with Gasteiger partial charge in [0.05, 0.1) is 11.5 Å². The molecule has 0 saturated carbocycles. The molecular weight excluding hydrogens is 684 g/mol. The van der Waals surface area contributed by atoms with E-state index in [9.17, 15) is 43.7 Å². The number of hydrogen-bond acceptors (Lipinski definition) is 12. The van der Waals surface area contributed by atoms with Crippen LogP contribution in [0.15, 0.2) is 60.7 Å². The smallest absolute Gasteiger partial charge is 0.444 e. The van der Waals surface area contributed by atoms with Crippen molar-refractivity contribution in [1.82, 2.24) is 20.9 Å². The number of carbonyl (C=O) groups is 7. The highest BCUT2D eigenvalue weighted by Gasteiger charge is 2.38. The third-order valence-corrected chi connectivity index (χ3v) is 7.12. The minimum atomic E-state index is -1.52. The fraction of sp³-hybridized carbons (Fsp3) is 0.382. The van der Waals surface area contributed by atoms with Crippen molar-refractivity contribution in [2.75, 3.05) is 11.9 Å². The predicted molar refractivity (Wildman–Crippen MR) is 182 cm³/mol. The van der Waals surface area contributed by atoms with Crippen LogP contribution >= 0.6 is 0 Å². The lowest BCUT2D eigenvalue weighted by atomic mass is 10.0. The molecule has 0 saturated heterocycles. The minimum Gasteiger partial charge on any atom is -0.444 e. The number of imide groups is 1. The van der Waals surface area contributed by atoms with Gasteiger partial charge in [-0.15, -0.1) is 0 Å². The van der Waals surface area contributed by atoms with Gasteiger partial charge in [-0.2, -0.15) is 0 Å². The van der Waals surface area contributed by atoms with Gasteiger partial charge in [0, 0.05) is 30.0 Å². The number of carbonyl (C=O) groups excluding carboxylic acids is 7. The van der Waals surface area contributed by atoms with Gasteiger partial charge < -0.3 is 35.5 Å². The fourth-order valence-electron chi connectivity index (χ4n) is 4.51. The van der Waals surface area contributed by atoms with E-state index in [1.807, 2.05) is 0 Å². The second-order valence-electron chi connectivity index (χ2n) is 12.8. The Balaban J connectivity index is 1.55. The van der Waals surface area contributed by atoms with Gasteiger partial charge in [0.1, 0.15) is 36.1 Å². The first-order chi connectivity index (χ1) is 24.3. The molecule has 3 atom stereocenters. The predicted octanol–water partition coefficient (Wildman–Crippen LogP) is 2.71. The molecule has 4 N–H and O–H groups in total. The lowest BCUT2D eigenvalue weighted by molar-refractivity contribution is -0.384. The number of benzene rings is 2. The Bertz CT molecular complexity index is 1700. The van der Waals surface area contributed by atoms with Crippen molar-refractivity contribution < 1.29 is 52.7 Å². The number of hydrogen-bond donors (Lipinski definition) is 4. The van der Waals surface area contributed by atoms with E-state index in [-0.39, 0.29) is 18.0 Å². The van der Waals surface area contributed by atoms with E-state index in [0.717, 1.165) is 12.2 Å². The highest BCUT2D eigenvalue weighted by Crippen LogP contribution is 2.19. The van der Waals surface area contributed by atoms with E-state index in [0.29, 0.717) is 16.2 Å². The monoisotopic (exact) mass is 724 g/mol. The molecular formula is C34H40N6O12. The van der Waals surface area contributed by atoms with Gasteiger partial charge in [-0.05, 0) is 63.4 Å². The first kappa shape index (κ1) is 40.1. The number of nitrogens with one attached hydrogen (secondary N) is 4. The van der Waals surface area contributed by atoms with Crippen molar-refractivity contribution in [1.29, 1.82) is 0 Å². The molecule has 0 radical (unpaired) electrons. The Morgan fingerprint density at radius 3 is 1.98 bits per heavy atom. The van der Waals surface area contributed by atoms with E-state index in [1.54, 1.807) is 46.8 Å². The Labute approximate surface area is 298 Å². The maximum absolute atomic E-state index is 13.4. The van der Waals surface area contributed by atoms with Crippen LogP contribution in [0.2, 0.25) is 0 Å². The van der Waals surface area contributed by atoms with Crippen LogP contribution in [-0.2, 0) is 40.1 Å². The van der Waals surface area contributed by atoms with Gasteiger partial charge in [-0.1, -0.05) is 26.0 Å². The summed E-state index contributed by atoms with van der Waals surface area (Å²) in [7, 11) is 0. The van der Waals surface area contributed by atoms with Crippen LogP contribution in [0.4, 0.5) is 21.0 Å². The van der Waals surface area contributed by atoms with Crippen molar-refractivity contribution >= 4 is 53.2 Å². The number of anilines is 1. The molecule has 0 fully saturated rings. The third kappa shape index (κ3) is 11.9. The van der Waals surface area contributed by atoms with Crippen molar-refractivity contribution in [2.45, 2.75) is 71.9 Å². The molecule has 18 heteroatoms. The lowest BCUT2D eigenvalue weighted by Gasteiger charge is -2.29. The van der Waals surface area contributed by atoms with E-state index in [2.05, 4.69) is 21.3 Å². The topological polar surface area (TPSA) is 242 Å². The number of rotatable bonds is 14. The number of alkyl carbamates (subject to hydrolysis) is 1. The molecule has 1 aliphatic rings. The standard InChI is InChI=1S/C34H40N6O12/c1-19(2)28(38-30(44)25(39-26(41)15-16-27(39)42)17-35-32(46)52-34(4,5)6)31(45)36-20(3)29(43)37-22-9-7-21(8-10-22)18-50-33(47)51-24-13-11-23(12-14-24)40(48)49/h7-16,19-20,25,28H,17-18H2,1-6H3,(H,35,46)(H,36,45)(H,37,43)(H,38,44)/t20-,25-,28-/m0/s1. The molecule has 0 unspecified atom stereocenters. The summed E-state index contributed by atoms with van der Waals surface area (Å²) in [4.78, 5) is 99.5. The minimum absolute atomic E-state index is 0.0568. The largest absolute Gasteiger partial charge is 0.514 e. The summed E-state index contributed by atoms with van der Waals surface area (Å²) in [5.41, 5.74) is -0.127. The fourth-order valence-corrected chi connectivity index (χ4v) is 4.51. The summed E-state index contributed by atoms with van der Waals surface area (Å²) in [6.07, 6.45) is 0.0369. The molecule has 2 aromatic carbocycles. The van der Waals surface area contributed by atoms with Gasteiger partial charge in [0.15, 0.2) is 0 Å². The number of nitrogens with zero attached hydrogens (tertiary/aromatic N) is 2. The van der Waals surface area contributed by atoms with E-state index in [1.165, 1.54) is 43.3 Å². The molecule has 278 valence electrons. The maximum atomic E-state index is 13.4. The quantitative estimate of drug-likeness (QED) is 0.0723. The second kappa shape index (κ2) is 17.6. The van der Waals surface area contributed by atoms with Gasteiger partial charge in [0.2, 0.25) is 17.7 Å². The van der Waals surface area contributed by atoms with Gasteiger partial charge in [0.25, 0.3) is 17.5 Å². The van der Waals surface area contributed by atoms with E-state index >= 15 is 0 Å². The van der Waals surface area contributed by atoms with Crippen LogP contribution < -0.4 is 26.0 Å². The summed E-state index contributed by atoms with van der Waals surface area (Å²) < 4.78 is 15.2. The normalized spacial score (nSPS) is 14.2. The Morgan fingerprint density at radius 2 is 1.44 bits per heavy atom. The molecule has 1 aliphatic heterocycles. The van der Waals surface area contributed by atoms with Gasteiger partial charge >= 0.3 is 12.2 Å². The Morgan fingerprint density at radius 1 is 0.846 bits per heavy atom. The van der Waals surface area contributed by atoms with Gasteiger partial charge in [-0.3, -0.25) is 39.0 Å². The molecule has 0 spiro atoms. The molecule has 3 rings (SSSR count). The van der Waals surface area contributed by atoms with Crippen LogP contribution in [0.25, 0.3) is 0 Å². The number of nitro benzene ring substituents is 1. The number of amides is 6. The zero-order valence-corrected chi connectivity index (χ0v) is 29.3. The van der Waals surface area contributed by atoms with Crippen LogP contribution in [0.1, 0.15) is 47.1 Å². The SMILES string of the molecule is CC(C)[C@H](NC(=O)[C@H](CNC(=O)OC(C)(C)C)N1C(=O)C=CC1=O)C(=O)N[C@@H](C)C(=O)Nc1ccc(COC(=O)Oc2ccc([N+](=O)[O-])cc2)cc1. The number of ether oxygens (including phenoxy) is 3. The second-order valence-corrected chi connectivity index (χ2v) is 12.8. The summed E-state index contributed by atoms with van der Waals surface area (Å²) in [6, 6.07) is 7.25. The average Bonchev–Trinajstić information content (AvgIpc) is 3.39. The summed E-state index contributed by atoms with van der Waals surface area (Å²) in [5, 5.41) is 20.8. The van der Waals surface area contributed by atoms with Crippen molar-refractivity contribution in [2.24, 2.45) is 5.92 Å². The highest BCUT2D eigenvalue weighted by atomic mass is 16.7. The first-order valence-electron chi connectivity index (χ1n) is 16.0. The van der Waals surface area contributed by atoms with E-state index < -0.39 is 82.9 Å². The molecule has 18 nitrogen and oxygen atoms in total. The third-order valence-electron chi connectivity index (χ3n) is 7.12. The first-order valence-corrected chi connectivity index (χ1v) is 16.0. The Hall–Kier alpha value is -6.33. The number of non-ortho nitro benzene ring substituents is 1. The molecule has 52 heavy (non-hydrogen) atoms. The molecule has 6 amide bonds. The number of nitro groups is 1. The zero-order valence-electron chi connectivity index (χ0n) is 29.3. The molecule has 0 aromatic heterocycles. The van der Waals surface area contributed by atoms with Crippen molar-refractivity contribution in [3.05, 3.63) is 76.4 Å². The van der Waals surface area contributed by atoms with E-state index in [4.69, 9.17) is 14.2 Å². The molecule has 0 bridgehead atoms. The zero-order chi connectivity index (χ0) is 38.7. The summed E-state index contributed by atoms with van der Waals surface area (Å²) in [6.45, 7) is 8.91. The summed E-state index contributed by atoms with van der Waals surface area (Å²) >= 11 is 0. The maximum Gasteiger partial charge on any atom is 0.514 e. The van der Waals surface area contributed by atoms with Crippen LogP contribution in [-0.4, -0.2) is 81.9 Å². The highest BCUT2D eigenvalue weighted by molar-refractivity contribution is 6.15.